The molecule has 5 nitrogen and oxygen atoms in total. The maximum Gasteiger partial charge on any atom is 0.273 e. The molecular weight excluding hydrogens is 326 g/mol. The van der Waals surface area contributed by atoms with Crippen LogP contribution in [0.2, 0.25) is 0 Å². The summed E-state index contributed by atoms with van der Waals surface area (Å²) in [6.07, 6.45) is 2.02. The lowest BCUT2D eigenvalue weighted by Crippen LogP contribution is -2.29. The molecule has 0 saturated heterocycles. The van der Waals surface area contributed by atoms with Gasteiger partial charge in [-0.15, -0.1) is 0 Å². The van der Waals surface area contributed by atoms with Crippen molar-refractivity contribution in [1.82, 2.24) is 15.5 Å². The molecule has 1 atom stereocenters. The van der Waals surface area contributed by atoms with E-state index in [0.717, 1.165) is 22.0 Å². The molecule has 2 aromatic carbocycles. The number of nitrogens with one attached hydrogen (secondary N) is 2. The van der Waals surface area contributed by atoms with Gasteiger partial charge in [0.1, 0.15) is 5.76 Å². The molecule has 0 spiro atoms. The minimum Gasteiger partial charge on any atom is -0.361 e. The van der Waals surface area contributed by atoms with Crippen molar-refractivity contribution in [2.75, 3.05) is 6.54 Å². The number of carbonyl (C=O) groups is 1. The summed E-state index contributed by atoms with van der Waals surface area (Å²) in [5, 5.41) is 7.93. The van der Waals surface area contributed by atoms with Crippen LogP contribution in [0.25, 0.3) is 10.9 Å². The fourth-order valence-electron chi connectivity index (χ4n) is 3.23. The summed E-state index contributed by atoms with van der Waals surface area (Å²) in [5.74, 6) is 0.415. The van der Waals surface area contributed by atoms with Gasteiger partial charge in [0.2, 0.25) is 0 Å². The van der Waals surface area contributed by atoms with E-state index < -0.39 is 0 Å². The lowest BCUT2D eigenvalue weighted by atomic mass is 9.91. The van der Waals surface area contributed by atoms with E-state index in [9.17, 15) is 4.79 Å². The number of fused-ring (bicyclic) bond motifs is 1. The summed E-state index contributed by atoms with van der Waals surface area (Å²) in [7, 11) is 0. The van der Waals surface area contributed by atoms with Crippen LogP contribution in [0.1, 0.15) is 33.3 Å². The highest BCUT2D eigenvalue weighted by Crippen LogP contribution is 2.30. The summed E-state index contributed by atoms with van der Waals surface area (Å²) in [5.41, 5.74) is 3.69. The average molecular weight is 345 g/mol. The number of hydrogen-bond donors (Lipinski definition) is 2. The van der Waals surface area contributed by atoms with E-state index in [1.807, 2.05) is 36.5 Å². The lowest BCUT2D eigenvalue weighted by molar-refractivity contribution is 0.0943. The maximum absolute atomic E-state index is 12.4. The van der Waals surface area contributed by atoms with Gasteiger partial charge < -0.3 is 14.8 Å². The maximum atomic E-state index is 12.4. The molecule has 0 aliphatic carbocycles. The molecule has 0 bridgehead atoms. The van der Waals surface area contributed by atoms with Crippen LogP contribution in [-0.4, -0.2) is 22.6 Å². The molecule has 4 rings (SSSR count). The second kappa shape index (κ2) is 6.88. The van der Waals surface area contributed by atoms with E-state index in [-0.39, 0.29) is 11.8 Å². The number of benzene rings is 2. The van der Waals surface area contributed by atoms with Crippen LogP contribution in [0.3, 0.4) is 0 Å². The van der Waals surface area contributed by atoms with Crippen LogP contribution in [0.15, 0.2) is 71.4 Å². The Hall–Kier alpha value is -3.34. The molecule has 0 aliphatic rings. The number of aromatic amines is 1. The number of nitrogens with zero attached hydrogens (tertiary/aromatic N) is 1. The molecule has 0 fully saturated rings. The first-order chi connectivity index (χ1) is 12.7. The molecule has 1 amide bonds. The standard InChI is InChI=1S/C21H19N3O2/c1-14-11-20(24-26-14)21(25)23-12-17(15-7-3-2-4-8-15)18-13-22-19-10-6-5-9-16(18)19/h2-11,13,17,22H,12H2,1H3,(H,23,25). The van der Waals surface area contributed by atoms with Crippen molar-refractivity contribution >= 4 is 16.8 Å². The molecule has 26 heavy (non-hydrogen) atoms. The van der Waals surface area contributed by atoms with Crippen LogP contribution in [-0.2, 0) is 0 Å². The molecule has 4 aromatic rings. The number of hydrogen-bond acceptors (Lipinski definition) is 3. The summed E-state index contributed by atoms with van der Waals surface area (Å²) in [6, 6.07) is 20.0. The minimum absolute atomic E-state index is 0.0318. The van der Waals surface area contributed by atoms with E-state index in [1.54, 1.807) is 13.0 Å². The number of aryl methyl sites for hydroxylation is 1. The molecule has 0 aliphatic heterocycles. The van der Waals surface area contributed by atoms with E-state index in [4.69, 9.17) is 4.52 Å². The van der Waals surface area contributed by atoms with Crippen molar-refractivity contribution in [3.05, 3.63) is 89.4 Å². The van der Waals surface area contributed by atoms with E-state index >= 15 is 0 Å². The van der Waals surface area contributed by atoms with Crippen LogP contribution in [0.4, 0.5) is 0 Å². The first-order valence-electron chi connectivity index (χ1n) is 8.55. The van der Waals surface area contributed by atoms with Gasteiger partial charge in [0.15, 0.2) is 5.69 Å². The number of aromatic nitrogens is 2. The van der Waals surface area contributed by atoms with Crippen molar-refractivity contribution in [3.8, 4) is 0 Å². The van der Waals surface area contributed by atoms with E-state index in [2.05, 4.69) is 39.7 Å². The average Bonchev–Trinajstić information content (AvgIpc) is 3.29. The highest BCUT2D eigenvalue weighted by Gasteiger charge is 2.20. The number of rotatable bonds is 5. The van der Waals surface area contributed by atoms with Gasteiger partial charge >= 0.3 is 0 Å². The number of amides is 1. The zero-order valence-corrected chi connectivity index (χ0v) is 14.4. The Morgan fingerprint density at radius 2 is 1.92 bits per heavy atom. The predicted octanol–water partition coefficient (Wildman–Crippen LogP) is 4.03. The van der Waals surface area contributed by atoms with Crippen molar-refractivity contribution in [2.24, 2.45) is 0 Å². The SMILES string of the molecule is Cc1cc(C(=O)NCC(c2ccccc2)c2c[nH]c3ccccc23)no1. The van der Waals surface area contributed by atoms with Crippen molar-refractivity contribution in [2.45, 2.75) is 12.8 Å². The zero-order chi connectivity index (χ0) is 17.9. The summed E-state index contributed by atoms with van der Waals surface area (Å²) < 4.78 is 4.99. The molecule has 1 unspecified atom stereocenters. The number of H-pyrrole nitrogens is 1. The highest BCUT2D eigenvalue weighted by atomic mass is 16.5. The molecular formula is C21H19N3O2. The summed E-state index contributed by atoms with van der Waals surface area (Å²) >= 11 is 0. The Bertz CT molecular complexity index is 1030. The molecule has 2 N–H and O–H groups in total. The Morgan fingerprint density at radius 3 is 2.69 bits per heavy atom. The second-order valence-corrected chi connectivity index (χ2v) is 6.29. The smallest absolute Gasteiger partial charge is 0.273 e. The Balaban J connectivity index is 1.65. The second-order valence-electron chi connectivity index (χ2n) is 6.29. The number of para-hydroxylation sites is 1. The Morgan fingerprint density at radius 1 is 1.15 bits per heavy atom. The largest absolute Gasteiger partial charge is 0.361 e. The van der Waals surface area contributed by atoms with Crippen molar-refractivity contribution in [1.29, 1.82) is 0 Å². The van der Waals surface area contributed by atoms with Crippen LogP contribution in [0, 0.1) is 6.92 Å². The first-order valence-corrected chi connectivity index (χ1v) is 8.55. The summed E-state index contributed by atoms with van der Waals surface area (Å²) in [4.78, 5) is 15.7. The quantitative estimate of drug-likeness (QED) is 0.574. The lowest BCUT2D eigenvalue weighted by Gasteiger charge is -2.18. The molecule has 2 heterocycles. The minimum atomic E-state index is -0.234. The van der Waals surface area contributed by atoms with Crippen molar-refractivity contribution in [3.63, 3.8) is 0 Å². The van der Waals surface area contributed by atoms with Gasteiger partial charge in [-0.25, -0.2) is 0 Å². The Labute approximate surface area is 151 Å². The van der Waals surface area contributed by atoms with E-state index in [0.29, 0.717) is 18.0 Å². The Kier molecular flexibility index (Phi) is 4.27. The fourth-order valence-corrected chi connectivity index (χ4v) is 3.23. The molecule has 0 radical (unpaired) electrons. The normalized spacial score (nSPS) is 12.2. The zero-order valence-electron chi connectivity index (χ0n) is 14.4. The third-order valence-corrected chi connectivity index (χ3v) is 4.53. The van der Waals surface area contributed by atoms with Gasteiger partial charge in [-0.05, 0) is 24.1 Å². The van der Waals surface area contributed by atoms with Gasteiger partial charge in [0.05, 0.1) is 0 Å². The fraction of sp³-hybridized carbons (Fsp3) is 0.143. The van der Waals surface area contributed by atoms with E-state index in [1.165, 1.54) is 0 Å². The number of carbonyl (C=O) groups excluding carboxylic acids is 1. The third kappa shape index (κ3) is 3.11. The van der Waals surface area contributed by atoms with Gasteiger partial charge in [-0.1, -0.05) is 53.7 Å². The monoisotopic (exact) mass is 345 g/mol. The highest BCUT2D eigenvalue weighted by molar-refractivity contribution is 5.92. The van der Waals surface area contributed by atoms with Crippen molar-refractivity contribution < 1.29 is 9.32 Å². The molecule has 2 aromatic heterocycles. The topological polar surface area (TPSA) is 70.9 Å². The van der Waals surface area contributed by atoms with Gasteiger partial charge in [0.25, 0.3) is 5.91 Å². The predicted molar refractivity (Wildman–Crippen MR) is 100 cm³/mol. The molecule has 5 heteroatoms. The summed E-state index contributed by atoms with van der Waals surface area (Å²) in [6.45, 7) is 2.24. The van der Waals surface area contributed by atoms with Gasteiger partial charge in [0, 0.05) is 35.6 Å². The third-order valence-electron chi connectivity index (χ3n) is 4.53. The van der Waals surface area contributed by atoms with Gasteiger partial charge in [-0.3, -0.25) is 4.79 Å². The van der Waals surface area contributed by atoms with Gasteiger partial charge in [-0.2, -0.15) is 0 Å². The van der Waals surface area contributed by atoms with Crippen LogP contribution in [0.5, 0.6) is 0 Å². The molecule has 130 valence electrons. The van der Waals surface area contributed by atoms with Crippen LogP contribution >= 0.6 is 0 Å². The van der Waals surface area contributed by atoms with Crippen LogP contribution < -0.4 is 5.32 Å². The first kappa shape index (κ1) is 16.1. The molecule has 0 saturated carbocycles.